The first-order chi connectivity index (χ1) is 8.10. The Morgan fingerprint density at radius 1 is 1.53 bits per heavy atom. The number of halogens is 1. The van der Waals surface area contributed by atoms with Crippen LogP contribution in [0.2, 0.25) is 5.28 Å². The van der Waals surface area contributed by atoms with Crippen molar-refractivity contribution < 1.29 is 14.3 Å². The number of hydrogen-bond donors (Lipinski definition) is 1. The van der Waals surface area contributed by atoms with Crippen molar-refractivity contribution in [3.8, 4) is 0 Å². The van der Waals surface area contributed by atoms with Gasteiger partial charge in [-0.1, -0.05) is 0 Å². The summed E-state index contributed by atoms with van der Waals surface area (Å²) in [6, 6.07) is 0. The van der Waals surface area contributed by atoms with Crippen LogP contribution in [-0.4, -0.2) is 29.7 Å². The van der Waals surface area contributed by atoms with Crippen LogP contribution >= 0.6 is 11.6 Å². The van der Waals surface area contributed by atoms with Crippen molar-refractivity contribution in [2.24, 2.45) is 0 Å². The number of ether oxygens (including phenoxy) is 2. The van der Waals surface area contributed by atoms with Crippen LogP contribution in [0.1, 0.15) is 23.0 Å². The Morgan fingerprint density at radius 3 is 2.82 bits per heavy atom. The molecule has 2 N–H and O–H groups in total. The molecule has 92 valence electrons. The van der Waals surface area contributed by atoms with E-state index in [1.54, 1.807) is 0 Å². The van der Waals surface area contributed by atoms with Crippen molar-refractivity contribution in [1.29, 1.82) is 0 Å². The molecule has 0 aliphatic heterocycles. The van der Waals surface area contributed by atoms with E-state index in [0.717, 1.165) is 0 Å². The molecule has 17 heavy (non-hydrogen) atoms. The van der Waals surface area contributed by atoms with Crippen molar-refractivity contribution in [2.75, 3.05) is 19.5 Å². The Kier molecular flexibility index (Phi) is 4.71. The lowest BCUT2D eigenvalue weighted by atomic mass is 10.2. The van der Waals surface area contributed by atoms with Crippen LogP contribution in [0.4, 0.5) is 5.82 Å². The molecule has 0 amide bonds. The highest BCUT2D eigenvalue weighted by Gasteiger charge is 2.17. The van der Waals surface area contributed by atoms with Gasteiger partial charge in [-0.2, -0.15) is 0 Å². The summed E-state index contributed by atoms with van der Waals surface area (Å²) in [4.78, 5) is 19.0. The van der Waals surface area contributed by atoms with Crippen LogP contribution < -0.4 is 5.73 Å². The van der Waals surface area contributed by atoms with Crippen molar-refractivity contribution in [1.82, 2.24) is 9.97 Å². The summed E-state index contributed by atoms with van der Waals surface area (Å²) in [5.41, 5.74) is 5.96. The van der Waals surface area contributed by atoms with Crippen LogP contribution in [0, 0.1) is 0 Å². The van der Waals surface area contributed by atoms with Crippen LogP contribution in [0.15, 0.2) is 6.26 Å². The fourth-order valence-corrected chi connectivity index (χ4v) is 1.26. The Labute approximate surface area is 103 Å². The van der Waals surface area contributed by atoms with Gasteiger partial charge in [-0.15, -0.1) is 0 Å². The van der Waals surface area contributed by atoms with Gasteiger partial charge in [0.25, 0.3) is 0 Å². The molecule has 0 saturated heterocycles. The lowest BCUT2D eigenvalue weighted by Gasteiger charge is -2.06. The standard InChI is InChI=1S/C10H12ClN3O3/c1-3-17-5-4-6-7(9(15)16-2)13-10(11)14-8(6)12/h4-5H,3H2,1-2H3,(H2,12,13,14)/b5-4-. The molecule has 1 aromatic rings. The number of nitrogens with zero attached hydrogens (tertiary/aromatic N) is 2. The van der Waals surface area contributed by atoms with E-state index < -0.39 is 5.97 Å². The second-order valence-corrected chi connectivity index (χ2v) is 3.23. The minimum Gasteiger partial charge on any atom is -0.501 e. The molecule has 0 aliphatic rings. The first kappa shape index (κ1) is 13.2. The first-order valence-corrected chi connectivity index (χ1v) is 5.17. The molecule has 0 unspecified atom stereocenters. The summed E-state index contributed by atoms with van der Waals surface area (Å²) in [7, 11) is 1.24. The van der Waals surface area contributed by atoms with Crippen LogP contribution in [-0.2, 0) is 9.47 Å². The maximum absolute atomic E-state index is 11.5. The largest absolute Gasteiger partial charge is 0.501 e. The Morgan fingerprint density at radius 2 is 2.24 bits per heavy atom. The van der Waals surface area contributed by atoms with E-state index in [1.165, 1.54) is 19.4 Å². The maximum atomic E-state index is 11.5. The van der Waals surface area contributed by atoms with Gasteiger partial charge in [0.15, 0.2) is 5.69 Å². The van der Waals surface area contributed by atoms with Crippen molar-refractivity contribution >= 4 is 29.5 Å². The van der Waals surface area contributed by atoms with E-state index in [0.29, 0.717) is 12.2 Å². The molecular formula is C10H12ClN3O3. The number of anilines is 1. The summed E-state index contributed by atoms with van der Waals surface area (Å²) < 4.78 is 9.59. The molecule has 0 aromatic carbocycles. The highest BCUT2D eigenvalue weighted by atomic mass is 35.5. The predicted molar refractivity (Wildman–Crippen MR) is 63.5 cm³/mol. The SMILES string of the molecule is CCO/C=C\c1c(N)nc(Cl)nc1C(=O)OC. The molecule has 1 aromatic heterocycles. The summed E-state index contributed by atoms with van der Waals surface area (Å²) >= 11 is 5.62. The number of nitrogen functional groups attached to an aromatic ring is 1. The molecule has 0 fully saturated rings. The number of carbonyl (C=O) groups is 1. The lowest BCUT2D eigenvalue weighted by Crippen LogP contribution is -2.10. The summed E-state index contributed by atoms with van der Waals surface area (Å²) in [6.07, 6.45) is 2.89. The van der Waals surface area contributed by atoms with Crippen molar-refractivity contribution in [3.63, 3.8) is 0 Å². The van der Waals surface area contributed by atoms with Gasteiger partial charge in [0.05, 0.1) is 25.5 Å². The average molecular weight is 258 g/mol. The number of rotatable bonds is 4. The zero-order valence-corrected chi connectivity index (χ0v) is 10.2. The van der Waals surface area contributed by atoms with E-state index >= 15 is 0 Å². The van der Waals surface area contributed by atoms with Crippen LogP contribution in [0.25, 0.3) is 6.08 Å². The molecule has 1 rings (SSSR count). The quantitative estimate of drug-likeness (QED) is 0.500. The second kappa shape index (κ2) is 6.05. The van der Waals surface area contributed by atoms with Crippen LogP contribution in [0.5, 0.6) is 0 Å². The highest BCUT2D eigenvalue weighted by Crippen LogP contribution is 2.18. The Balaban J connectivity index is 3.20. The molecule has 7 heteroatoms. The molecule has 0 aliphatic carbocycles. The molecular weight excluding hydrogens is 246 g/mol. The maximum Gasteiger partial charge on any atom is 0.357 e. The predicted octanol–water partition coefficient (Wildman–Crippen LogP) is 1.51. The number of aromatic nitrogens is 2. The first-order valence-electron chi connectivity index (χ1n) is 4.79. The third-order valence-corrected chi connectivity index (χ3v) is 1.99. The summed E-state index contributed by atoms with van der Waals surface area (Å²) in [6.45, 7) is 2.33. The number of hydrogen-bond acceptors (Lipinski definition) is 6. The van der Waals surface area contributed by atoms with Gasteiger partial charge in [-0.3, -0.25) is 0 Å². The molecule has 1 heterocycles. The van der Waals surface area contributed by atoms with Gasteiger partial charge in [-0.25, -0.2) is 14.8 Å². The van der Waals surface area contributed by atoms with Crippen molar-refractivity contribution in [2.45, 2.75) is 6.92 Å². The molecule has 0 spiro atoms. The van der Waals surface area contributed by atoms with Crippen molar-refractivity contribution in [3.05, 3.63) is 22.8 Å². The van der Waals surface area contributed by atoms with E-state index in [4.69, 9.17) is 22.1 Å². The third-order valence-electron chi connectivity index (χ3n) is 1.82. The summed E-state index contributed by atoms with van der Waals surface area (Å²) in [5.74, 6) is -0.557. The Bertz CT molecular complexity index is 449. The van der Waals surface area contributed by atoms with E-state index in [2.05, 4.69) is 14.7 Å². The summed E-state index contributed by atoms with van der Waals surface area (Å²) in [5, 5.41) is -0.114. The normalized spacial score (nSPS) is 10.5. The number of methoxy groups -OCH3 is 1. The monoisotopic (exact) mass is 257 g/mol. The minimum absolute atomic E-state index is 0.000882. The van der Waals surface area contributed by atoms with Gasteiger partial charge >= 0.3 is 5.97 Å². The smallest absolute Gasteiger partial charge is 0.357 e. The van der Waals surface area contributed by atoms with Gasteiger partial charge in [-0.05, 0) is 24.6 Å². The minimum atomic E-state index is -0.642. The van der Waals surface area contributed by atoms with Gasteiger partial charge in [0.1, 0.15) is 5.82 Å². The molecule has 0 saturated carbocycles. The lowest BCUT2D eigenvalue weighted by molar-refractivity contribution is 0.0593. The second-order valence-electron chi connectivity index (χ2n) is 2.89. The molecule has 0 atom stereocenters. The third kappa shape index (κ3) is 3.32. The number of esters is 1. The van der Waals surface area contributed by atoms with Gasteiger partial charge < -0.3 is 15.2 Å². The molecule has 0 radical (unpaired) electrons. The number of nitrogens with two attached hydrogens (primary N) is 1. The molecule has 6 nitrogen and oxygen atoms in total. The number of carbonyl (C=O) groups excluding carboxylic acids is 1. The topological polar surface area (TPSA) is 87.3 Å². The van der Waals surface area contributed by atoms with E-state index in [-0.39, 0.29) is 16.8 Å². The fourth-order valence-electron chi connectivity index (χ4n) is 1.09. The van der Waals surface area contributed by atoms with Gasteiger partial charge in [0.2, 0.25) is 5.28 Å². The zero-order valence-electron chi connectivity index (χ0n) is 9.44. The molecule has 0 bridgehead atoms. The Hall–Kier alpha value is -1.82. The highest BCUT2D eigenvalue weighted by molar-refractivity contribution is 6.28. The van der Waals surface area contributed by atoms with Crippen LogP contribution in [0.3, 0.4) is 0 Å². The fraction of sp³-hybridized carbons (Fsp3) is 0.300. The van der Waals surface area contributed by atoms with Gasteiger partial charge in [0, 0.05) is 0 Å². The van der Waals surface area contributed by atoms with E-state index in [9.17, 15) is 4.79 Å². The van der Waals surface area contributed by atoms with E-state index in [1.807, 2.05) is 6.92 Å². The average Bonchev–Trinajstić information content (AvgIpc) is 2.30. The zero-order chi connectivity index (χ0) is 12.8.